The zero-order valence-corrected chi connectivity index (χ0v) is 11.0. The van der Waals surface area contributed by atoms with Gasteiger partial charge in [-0.05, 0) is 25.7 Å². The molecule has 3 rings (SSSR count). The second kappa shape index (κ2) is 4.37. The summed E-state index contributed by atoms with van der Waals surface area (Å²) in [7, 11) is 0. The van der Waals surface area contributed by atoms with Crippen molar-refractivity contribution in [3.8, 4) is 5.13 Å². The normalized spacial score (nSPS) is 14.5. The summed E-state index contributed by atoms with van der Waals surface area (Å²) in [4.78, 5) is 31.5. The van der Waals surface area contributed by atoms with E-state index in [0.29, 0.717) is 5.13 Å². The van der Waals surface area contributed by atoms with E-state index in [1.165, 1.54) is 22.3 Å². The number of thiazole rings is 1. The van der Waals surface area contributed by atoms with Crippen molar-refractivity contribution in [1.29, 1.82) is 0 Å². The second-order valence-electron chi connectivity index (χ2n) is 4.17. The molecule has 0 saturated carbocycles. The predicted molar refractivity (Wildman–Crippen MR) is 70.0 cm³/mol. The van der Waals surface area contributed by atoms with Crippen molar-refractivity contribution in [1.82, 2.24) is 14.5 Å². The topological polar surface area (TPSA) is 67.8 Å². The zero-order chi connectivity index (χ0) is 12.7. The van der Waals surface area contributed by atoms with Gasteiger partial charge in [-0.25, -0.2) is 14.3 Å². The van der Waals surface area contributed by atoms with Crippen LogP contribution in [0.15, 0.2) is 15.7 Å². The highest BCUT2D eigenvalue weighted by atomic mass is 35.5. The van der Waals surface area contributed by atoms with Gasteiger partial charge in [0.25, 0.3) is 5.56 Å². The molecule has 2 aromatic rings. The first kappa shape index (κ1) is 11.7. The molecular weight excluding hydrogens is 274 g/mol. The van der Waals surface area contributed by atoms with Crippen LogP contribution in [0.1, 0.15) is 23.4 Å². The molecule has 18 heavy (non-hydrogen) atoms. The Balaban J connectivity index is 2.19. The molecule has 0 fully saturated rings. The number of aryl methyl sites for hydroxylation is 2. The van der Waals surface area contributed by atoms with Crippen LogP contribution in [0.4, 0.5) is 0 Å². The van der Waals surface area contributed by atoms with Crippen molar-refractivity contribution in [2.75, 3.05) is 0 Å². The third kappa shape index (κ3) is 1.91. The van der Waals surface area contributed by atoms with E-state index in [2.05, 4.69) is 9.97 Å². The molecule has 2 aromatic heterocycles. The van der Waals surface area contributed by atoms with E-state index < -0.39 is 11.2 Å². The Labute approximate surface area is 111 Å². The maximum Gasteiger partial charge on any atom is 0.336 e. The molecule has 0 radical (unpaired) electrons. The Morgan fingerprint density at radius 1 is 1.33 bits per heavy atom. The number of fused-ring (bicyclic) bond motifs is 1. The predicted octanol–water partition coefficient (Wildman–Crippen LogP) is 1.51. The summed E-state index contributed by atoms with van der Waals surface area (Å²) < 4.78 is 1.04. The molecule has 0 atom stereocenters. The minimum absolute atomic E-state index is 0.0440. The number of nitrogens with one attached hydrogen (secondary N) is 1. The van der Waals surface area contributed by atoms with Crippen LogP contribution in [0, 0.1) is 0 Å². The molecule has 0 bridgehead atoms. The average Bonchev–Trinajstić information content (AvgIpc) is 2.70. The summed E-state index contributed by atoms with van der Waals surface area (Å²) in [5, 5.41) is 0.479. The van der Waals surface area contributed by atoms with E-state index in [0.717, 1.165) is 35.9 Å². The quantitative estimate of drug-likeness (QED) is 0.807. The number of hydrogen-bond donors (Lipinski definition) is 1. The van der Waals surface area contributed by atoms with E-state index >= 15 is 0 Å². The second-order valence-corrected chi connectivity index (χ2v) is 5.64. The standard InChI is InChI=1S/C11H10ClN3O2S/c12-8-5-9(16)15(10(17)14-8)11-13-6-3-1-2-4-7(6)18-11/h5H,1-4H2,(H,14,17). The first-order chi connectivity index (χ1) is 8.65. The summed E-state index contributed by atoms with van der Waals surface area (Å²) in [6, 6.07) is 1.18. The molecule has 0 saturated heterocycles. The SMILES string of the molecule is O=c1cc(Cl)[nH]c(=O)n1-c1nc2c(s1)CCCC2. The molecule has 1 N–H and O–H groups in total. The molecule has 0 unspecified atom stereocenters. The van der Waals surface area contributed by atoms with Gasteiger partial charge in [-0.2, -0.15) is 0 Å². The van der Waals surface area contributed by atoms with Gasteiger partial charge >= 0.3 is 5.69 Å². The van der Waals surface area contributed by atoms with Crippen LogP contribution in [0.25, 0.3) is 5.13 Å². The maximum atomic E-state index is 11.8. The van der Waals surface area contributed by atoms with Gasteiger partial charge in [-0.3, -0.25) is 9.78 Å². The molecule has 0 aliphatic heterocycles. The lowest BCUT2D eigenvalue weighted by Crippen LogP contribution is -2.32. The monoisotopic (exact) mass is 283 g/mol. The fraction of sp³-hybridized carbons (Fsp3) is 0.364. The van der Waals surface area contributed by atoms with Crippen molar-refractivity contribution in [3.63, 3.8) is 0 Å². The molecule has 1 aliphatic carbocycles. The molecule has 5 nitrogen and oxygen atoms in total. The first-order valence-electron chi connectivity index (χ1n) is 5.66. The number of aromatic amines is 1. The van der Waals surface area contributed by atoms with Crippen molar-refractivity contribution in [3.05, 3.63) is 42.6 Å². The summed E-state index contributed by atoms with van der Waals surface area (Å²) in [5.41, 5.74) is 0.0240. The van der Waals surface area contributed by atoms with Crippen LogP contribution in [0.2, 0.25) is 5.15 Å². The van der Waals surface area contributed by atoms with Crippen LogP contribution in [-0.2, 0) is 12.8 Å². The van der Waals surface area contributed by atoms with Gasteiger partial charge in [0.1, 0.15) is 5.15 Å². The van der Waals surface area contributed by atoms with Gasteiger partial charge in [0.2, 0.25) is 5.13 Å². The minimum Gasteiger partial charge on any atom is -0.297 e. The molecule has 0 amide bonds. The van der Waals surface area contributed by atoms with Gasteiger partial charge in [-0.15, -0.1) is 11.3 Å². The van der Waals surface area contributed by atoms with Crippen molar-refractivity contribution in [2.24, 2.45) is 0 Å². The average molecular weight is 284 g/mol. The van der Waals surface area contributed by atoms with E-state index in [-0.39, 0.29) is 5.15 Å². The number of nitrogens with zero attached hydrogens (tertiary/aromatic N) is 2. The molecule has 0 spiro atoms. The summed E-state index contributed by atoms with van der Waals surface area (Å²) >= 11 is 7.04. The van der Waals surface area contributed by atoms with Gasteiger partial charge in [-0.1, -0.05) is 11.6 Å². The Morgan fingerprint density at radius 3 is 2.83 bits per heavy atom. The van der Waals surface area contributed by atoms with E-state index in [1.54, 1.807) is 0 Å². The van der Waals surface area contributed by atoms with Crippen molar-refractivity contribution in [2.45, 2.75) is 25.7 Å². The van der Waals surface area contributed by atoms with Crippen LogP contribution in [0.5, 0.6) is 0 Å². The summed E-state index contributed by atoms with van der Waals surface area (Å²) in [6.45, 7) is 0. The van der Waals surface area contributed by atoms with Gasteiger partial charge in [0, 0.05) is 10.9 Å². The number of halogens is 1. The van der Waals surface area contributed by atoms with Gasteiger partial charge in [0.15, 0.2) is 0 Å². The summed E-state index contributed by atoms with van der Waals surface area (Å²) in [6.07, 6.45) is 4.15. The smallest absolute Gasteiger partial charge is 0.297 e. The highest BCUT2D eigenvalue weighted by Gasteiger charge is 2.18. The van der Waals surface area contributed by atoms with Crippen LogP contribution in [0.3, 0.4) is 0 Å². The number of aromatic nitrogens is 3. The highest BCUT2D eigenvalue weighted by molar-refractivity contribution is 7.14. The van der Waals surface area contributed by atoms with Crippen LogP contribution >= 0.6 is 22.9 Å². The molecule has 94 valence electrons. The number of hydrogen-bond acceptors (Lipinski definition) is 4. The van der Waals surface area contributed by atoms with Crippen molar-refractivity contribution >= 4 is 22.9 Å². The molecule has 7 heteroatoms. The maximum absolute atomic E-state index is 11.8. The first-order valence-corrected chi connectivity index (χ1v) is 6.85. The lowest BCUT2D eigenvalue weighted by atomic mass is 10.0. The zero-order valence-electron chi connectivity index (χ0n) is 9.40. The molecular formula is C11H10ClN3O2S. The molecule has 1 aliphatic rings. The number of rotatable bonds is 1. The van der Waals surface area contributed by atoms with E-state index in [1.807, 2.05) is 0 Å². The largest absolute Gasteiger partial charge is 0.336 e. The third-order valence-corrected chi connectivity index (χ3v) is 4.27. The summed E-state index contributed by atoms with van der Waals surface area (Å²) in [5.74, 6) is 0. The fourth-order valence-electron chi connectivity index (χ4n) is 2.08. The van der Waals surface area contributed by atoms with Crippen molar-refractivity contribution < 1.29 is 0 Å². The lowest BCUT2D eigenvalue weighted by molar-refractivity contribution is 0.680. The van der Waals surface area contributed by atoms with Gasteiger partial charge < -0.3 is 0 Å². The minimum atomic E-state index is -0.543. The Bertz CT molecular complexity index is 661. The lowest BCUT2D eigenvalue weighted by Gasteiger charge is -2.06. The third-order valence-electron chi connectivity index (χ3n) is 2.93. The number of H-pyrrole nitrogens is 1. The molecule has 2 heterocycles. The van der Waals surface area contributed by atoms with E-state index in [4.69, 9.17) is 11.6 Å². The highest BCUT2D eigenvalue weighted by Crippen LogP contribution is 2.27. The van der Waals surface area contributed by atoms with Crippen LogP contribution in [-0.4, -0.2) is 14.5 Å². The van der Waals surface area contributed by atoms with Gasteiger partial charge in [0.05, 0.1) is 5.69 Å². The fourth-order valence-corrected chi connectivity index (χ4v) is 3.41. The Hall–Kier alpha value is -1.40. The van der Waals surface area contributed by atoms with E-state index in [9.17, 15) is 9.59 Å². The Kier molecular flexibility index (Phi) is 2.83. The Morgan fingerprint density at radius 2 is 2.11 bits per heavy atom. The molecule has 0 aromatic carbocycles. The van der Waals surface area contributed by atoms with Crippen LogP contribution < -0.4 is 11.2 Å².